The monoisotopic (exact) mass is 327 g/mol. The summed E-state index contributed by atoms with van der Waals surface area (Å²) in [5, 5.41) is 14.3. The topological polar surface area (TPSA) is 92.6 Å². The SMILES string of the molecule is Cc1cc(C)c(S(=O)(=O)N(C)C2CCNCC2)cc1[N+](=O)[O-]. The molecule has 0 bridgehead atoms. The van der Waals surface area contributed by atoms with Crippen molar-refractivity contribution in [3.63, 3.8) is 0 Å². The molecule has 0 aromatic heterocycles. The molecule has 1 N–H and O–H groups in total. The van der Waals surface area contributed by atoms with E-state index in [9.17, 15) is 18.5 Å². The predicted molar refractivity (Wildman–Crippen MR) is 83.4 cm³/mol. The van der Waals surface area contributed by atoms with Gasteiger partial charge in [0.05, 0.1) is 9.82 Å². The van der Waals surface area contributed by atoms with Crippen LogP contribution in [0.15, 0.2) is 17.0 Å². The molecule has 22 heavy (non-hydrogen) atoms. The minimum absolute atomic E-state index is 0.0193. The third kappa shape index (κ3) is 3.13. The van der Waals surface area contributed by atoms with Crippen LogP contribution in [0, 0.1) is 24.0 Å². The van der Waals surface area contributed by atoms with Crippen molar-refractivity contribution in [2.75, 3.05) is 20.1 Å². The number of nitro groups is 1. The lowest BCUT2D eigenvalue weighted by Crippen LogP contribution is -2.44. The van der Waals surface area contributed by atoms with Gasteiger partial charge < -0.3 is 5.32 Å². The number of rotatable bonds is 4. The highest BCUT2D eigenvalue weighted by atomic mass is 32.2. The molecule has 0 saturated carbocycles. The van der Waals surface area contributed by atoms with Crippen LogP contribution in [0.2, 0.25) is 0 Å². The van der Waals surface area contributed by atoms with E-state index in [0.717, 1.165) is 25.9 Å². The molecule has 0 spiro atoms. The summed E-state index contributed by atoms with van der Waals surface area (Å²) >= 11 is 0. The molecule has 0 radical (unpaired) electrons. The predicted octanol–water partition coefficient (Wildman–Crippen LogP) is 1.58. The maximum absolute atomic E-state index is 12.8. The third-order valence-electron chi connectivity index (χ3n) is 4.17. The largest absolute Gasteiger partial charge is 0.317 e. The summed E-state index contributed by atoms with van der Waals surface area (Å²) in [7, 11) is -2.19. The molecular weight excluding hydrogens is 306 g/mol. The highest BCUT2D eigenvalue weighted by Gasteiger charge is 2.31. The zero-order chi connectivity index (χ0) is 16.5. The molecule has 1 saturated heterocycles. The van der Waals surface area contributed by atoms with E-state index in [-0.39, 0.29) is 16.6 Å². The Labute approximate surface area is 130 Å². The summed E-state index contributed by atoms with van der Waals surface area (Å²) in [5.74, 6) is 0. The smallest absolute Gasteiger partial charge is 0.273 e. The number of hydrogen-bond acceptors (Lipinski definition) is 5. The van der Waals surface area contributed by atoms with Gasteiger partial charge in [-0.3, -0.25) is 10.1 Å². The van der Waals surface area contributed by atoms with E-state index in [2.05, 4.69) is 5.32 Å². The Morgan fingerprint density at radius 1 is 1.23 bits per heavy atom. The first-order valence-electron chi connectivity index (χ1n) is 7.19. The summed E-state index contributed by atoms with van der Waals surface area (Å²) < 4.78 is 27.0. The lowest BCUT2D eigenvalue weighted by atomic mass is 10.1. The first kappa shape index (κ1) is 16.9. The van der Waals surface area contributed by atoms with E-state index in [1.807, 2.05) is 0 Å². The van der Waals surface area contributed by atoms with Gasteiger partial charge in [-0.05, 0) is 51.4 Å². The van der Waals surface area contributed by atoms with Crippen molar-refractivity contribution >= 4 is 15.7 Å². The molecule has 1 heterocycles. The fraction of sp³-hybridized carbons (Fsp3) is 0.571. The number of nitrogens with one attached hydrogen (secondary N) is 1. The van der Waals surface area contributed by atoms with Crippen LogP contribution >= 0.6 is 0 Å². The van der Waals surface area contributed by atoms with E-state index < -0.39 is 14.9 Å². The van der Waals surface area contributed by atoms with Crippen molar-refractivity contribution in [1.82, 2.24) is 9.62 Å². The summed E-state index contributed by atoms with van der Waals surface area (Å²) in [5.41, 5.74) is 0.831. The summed E-state index contributed by atoms with van der Waals surface area (Å²) in [6.45, 7) is 4.83. The molecule has 1 aromatic rings. The average molecular weight is 327 g/mol. The molecule has 0 aliphatic carbocycles. The van der Waals surface area contributed by atoms with Crippen LogP contribution in [0.5, 0.6) is 0 Å². The minimum atomic E-state index is -3.74. The fourth-order valence-corrected chi connectivity index (χ4v) is 4.46. The maximum Gasteiger partial charge on any atom is 0.273 e. The zero-order valence-electron chi connectivity index (χ0n) is 13.0. The van der Waals surface area contributed by atoms with Crippen LogP contribution in [0.25, 0.3) is 0 Å². The zero-order valence-corrected chi connectivity index (χ0v) is 13.8. The minimum Gasteiger partial charge on any atom is -0.317 e. The Hall–Kier alpha value is -1.51. The van der Waals surface area contributed by atoms with Gasteiger partial charge in [0.2, 0.25) is 10.0 Å². The van der Waals surface area contributed by atoms with Crippen molar-refractivity contribution in [3.8, 4) is 0 Å². The summed E-state index contributed by atoms with van der Waals surface area (Å²) in [6, 6.07) is 2.66. The van der Waals surface area contributed by atoms with Crippen molar-refractivity contribution in [1.29, 1.82) is 0 Å². The number of sulfonamides is 1. The van der Waals surface area contributed by atoms with Crippen molar-refractivity contribution < 1.29 is 13.3 Å². The summed E-state index contributed by atoms with van der Waals surface area (Å²) in [4.78, 5) is 10.5. The van der Waals surface area contributed by atoms with Crippen LogP contribution in [0.3, 0.4) is 0 Å². The van der Waals surface area contributed by atoms with Gasteiger partial charge in [-0.25, -0.2) is 8.42 Å². The van der Waals surface area contributed by atoms with Gasteiger partial charge in [0, 0.05) is 24.7 Å². The fourth-order valence-electron chi connectivity index (χ4n) is 2.82. The Morgan fingerprint density at radius 2 is 1.82 bits per heavy atom. The van der Waals surface area contributed by atoms with Gasteiger partial charge in [-0.2, -0.15) is 4.31 Å². The molecule has 0 unspecified atom stereocenters. The molecule has 122 valence electrons. The third-order valence-corrected chi connectivity index (χ3v) is 6.22. The molecule has 1 fully saturated rings. The van der Waals surface area contributed by atoms with E-state index in [4.69, 9.17) is 0 Å². The molecule has 2 rings (SSSR count). The van der Waals surface area contributed by atoms with E-state index in [1.54, 1.807) is 27.0 Å². The first-order chi connectivity index (χ1) is 10.2. The van der Waals surface area contributed by atoms with Crippen molar-refractivity contribution in [2.24, 2.45) is 0 Å². The quantitative estimate of drug-likeness (QED) is 0.669. The number of hydrogen-bond donors (Lipinski definition) is 1. The second-order valence-electron chi connectivity index (χ2n) is 5.66. The van der Waals surface area contributed by atoms with Gasteiger partial charge in [0.15, 0.2) is 0 Å². The highest BCUT2D eigenvalue weighted by molar-refractivity contribution is 7.89. The lowest BCUT2D eigenvalue weighted by Gasteiger charge is -2.31. The number of piperidine rings is 1. The van der Waals surface area contributed by atoms with Gasteiger partial charge in [-0.15, -0.1) is 0 Å². The molecule has 1 aliphatic rings. The van der Waals surface area contributed by atoms with Gasteiger partial charge in [0.25, 0.3) is 5.69 Å². The molecule has 7 nitrogen and oxygen atoms in total. The molecule has 0 atom stereocenters. The van der Waals surface area contributed by atoms with Gasteiger partial charge in [-0.1, -0.05) is 0 Å². The summed E-state index contributed by atoms with van der Waals surface area (Å²) in [6.07, 6.45) is 1.48. The number of nitro benzene ring substituents is 1. The van der Waals surface area contributed by atoms with Crippen LogP contribution in [0.4, 0.5) is 5.69 Å². The molecule has 8 heteroatoms. The van der Waals surface area contributed by atoms with Crippen LogP contribution in [0.1, 0.15) is 24.0 Å². The standard InChI is InChI=1S/C14H21N3O4S/c1-10-8-11(2)14(9-13(10)17(18)19)22(20,21)16(3)12-4-6-15-7-5-12/h8-9,12,15H,4-7H2,1-3H3. The Balaban J connectivity index is 2.44. The Kier molecular flexibility index (Phi) is 4.84. The number of aryl methyl sites for hydroxylation is 2. The second kappa shape index (κ2) is 6.31. The molecule has 0 amide bonds. The van der Waals surface area contributed by atoms with E-state index in [1.165, 1.54) is 10.4 Å². The highest BCUT2D eigenvalue weighted by Crippen LogP contribution is 2.29. The molecular formula is C14H21N3O4S. The maximum atomic E-state index is 12.8. The number of benzene rings is 1. The van der Waals surface area contributed by atoms with Gasteiger partial charge >= 0.3 is 0 Å². The van der Waals surface area contributed by atoms with Gasteiger partial charge in [0.1, 0.15) is 0 Å². The van der Waals surface area contributed by atoms with E-state index >= 15 is 0 Å². The van der Waals surface area contributed by atoms with Crippen LogP contribution < -0.4 is 5.32 Å². The average Bonchev–Trinajstić information content (AvgIpc) is 2.46. The second-order valence-corrected chi connectivity index (χ2v) is 7.63. The molecule has 1 aromatic carbocycles. The van der Waals surface area contributed by atoms with Crippen molar-refractivity contribution in [2.45, 2.75) is 37.6 Å². The Bertz CT molecular complexity index is 682. The Morgan fingerprint density at radius 3 is 2.36 bits per heavy atom. The lowest BCUT2D eigenvalue weighted by molar-refractivity contribution is -0.385. The van der Waals surface area contributed by atoms with Crippen LogP contribution in [-0.2, 0) is 10.0 Å². The van der Waals surface area contributed by atoms with Crippen molar-refractivity contribution in [3.05, 3.63) is 33.4 Å². The van der Waals surface area contributed by atoms with Crippen LogP contribution in [-0.4, -0.2) is 43.8 Å². The van der Waals surface area contributed by atoms with E-state index in [0.29, 0.717) is 11.1 Å². The molecule has 1 aliphatic heterocycles. The first-order valence-corrected chi connectivity index (χ1v) is 8.63. The number of nitrogens with zero attached hydrogens (tertiary/aromatic N) is 2. The normalized spacial score (nSPS) is 16.9.